The summed E-state index contributed by atoms with van der Waals surface area (Å²) in [6.07, 6.45) is 3.24. The van der Waals surface area contributed by atoms with Gasteiger partial charge in [-0.2, -0.15) is 4.31 Å². The zero-order valence-corrected chi connectivity index (χ0v) is 17.1. The van der Waals surface area contributed by atoms with Crippen LogP contribution in [0.25, 0.3) is 0 Å². The van der Waals surface area contributed by atoms with Crippen molar-refractivity contribution in [2.75, 3.05) is 33.9 Å². The number of ether oxygens (including phenoxy) is 2. The minimum atomic E-state index is -3.72. The Morgan fingerprint density at radius 3 is 2.66 bits per heavy atom. The Kier molecular flexibility index (Phi) is 5.17. The molecular formula is C18H23N5O5S. The molecule has 0 unspecified atom stereocenters. The van der Waals surface area contributed by atoms with Crippen LogP contribution in [0.5, 0.6) is 11.5 Å². The Bertz CT molecular complexity index is 1020. The smallest absolute Gasteiger partial charge is 0.247 e. The first-order valence-corrected chi connectivity index (χ1v) is 10.8. The summed E-state index contributed by atoms with van der Waals surface area (Å²) in [5.41, 5.74) is 0.705. The summed E-state index contributed by atoms with van der Waals surface area (Å²) >= 11 is 0. The van der Waals surface area contributed by atoms with E-state index in [2.05, 4.69) is 10.3 Å². The van der Waals surface area contributed by atoms with E-state index in [-0.39, 0.29) is 35.7 Å². The molecule has 1 aromatic heterocycles. The third-order valence-corrected chi connectivity index (χ3v) is 7.13. The normalized spacial score (nSPS) is 18.1. The molecule has 156 valence electrons. The van der Waals surface area contributed by atoms with E-state index in [0.717, 1.165) is 13.0 Å². The van der Waals surface area contributed by atoms with Crippen molar-refractivity contribution < 1.29 is 22.7 Å². The molecule has 10 nitrogen and oxygen atoms in total. The molecule has 11 heteroatoms. The number of nitrogens with zero attached hydrogens (tertiary/aromatic N) is 5. The van der Waals surface area contributed by atoms with Crippen LogP contribution in [0.2, 0.25) is 0 Å². The maximum atomic E-state index is 13.0. The van der Waals surface area contributed by atoms with E-state index >= 15 is 0 Å². The highest BCUT2D eigenvalue weighted by atomic mass is 32.2. The molecule has 1 aromatic carbocycles. The molecule has 2 aromatic rings. The van der Waals surface area contributed by atoms with Gasteiger partial charge in [-0.25, -0.2) is 13.1 Å². The van der Waals surface area contributed by atoms with Gasteiger partial charge >= 0.3 is 0 Å². The number of aromatic nitrogens is 3. The Labute approximate surface area is 169 Å². The Balaban J connectivity index is 1.44. The van der Waals surface area contributed by atoms with Crippen LogP contribution in [0.3, 0.4) is 0 Å². The van der Waals surface area contributed by atoms with Crippen LogP contribution in [0.15, 0.2) is 29.3 Å². The van der Waals surface area contributed by atoms with Gasteiger partial charge in [0.15, 0.2) is 0 Å². The minimum Gasteiger partial charge on any atom is -0.497 e. The molecule has 0 bridgehead atoms. The van der Waals surface area contributed by atoms with Gasteiger partial charge in [-0.05, 0) is 18.6 Å². The van der Waals surface area contributed by atoms with E-state index < -0.39 is 10.0 Å². The lowest BCUT2D eigenvalue weighted by Gasteiger charge is -2.37. The van der Waals surface area contributed by atoms with Crippen molar-refractivity contribution in [2.45, 2.75) is 30.3 Å². The van der Waals surface area contributed by atoms with E-state index in [9.17, 15) is 13.2 Å². The second-order valence-corrected chi connectivity index (χ2v) is 9.01. The van der Waals surface area contributed by atoms with Crippen molar-refractivity contribution in [3.8, 4) is 11.5 Å². The van der Waals surface area contributed by atoms with Crippen molar-refractivity contribution in [3.05, 3.63) is 30.1 Å². The molecule has 0 aliphatic carbocycles. The van der Waals surface area contributed by atoms with Crippen molar-refractivity contribution in [3.63, 3.8) is 0 Å². The number of amides is 1. The molecule has 0 atom stereocenters. The first-order valence-electron chi connectivity index (χ1n) is 9.33. The van der Waals surface area contributed by atoms with Gasteiger partial charge in [-0.1, -0.05) is 5.21 Å². The molecule has 0 saturated carbocycles. The van der Waals surface area contributed by atoms with E-state index in [1.54, 1.807) is 27.9 Å². The number of rotatable bonds is 7. The largest absolute Gasteiger partial charge is 0.497 e. The van der Waals surface area contributed by atoms with Crippen molar-refractivity contribution in [1.82, 2.24) is 24.2 Å². The SMILES string of the molecule is COc1ccc(OC)c(S(=O)(=O)N2CC(n3cc(CN4CCCC4=O)nn3)C2)c1. The molecule has 29 heavy (non-hydrogen) atoms. The third-order valence-electron chi connectivity index (χ3n) is 5.27. The van der Waals surface area contributed by atoms with Gasteiger partial charge < -0.3 is 14.4 Å². The Hall–Kier alpha value is -2.66. The minimum absolute atomic E-state index is 0.0737. The van der Waals surface area contributed by atoms with Crippen LogP contribution in [0, 0.1) is 0 Å². The maximum Gasteiger partial charge on any atom is 0.247 e. The van der Waals surface area contributed by atoms with Crippen LogP contribution in [0.4, 0.5) is 0 Å². The quantitative estimate of drug-likeness (QED) is 0.646. The summed E-state index contributed by atoms with van der Waals surface area (Å²) in [4.78, 5) is 13.6. The number of sulfonamides is 1. The molecule has 2 saturated heterocycles. The van der Waals surface area contributed by atoms with Crippen LogP contribution in [-0.4, -0.2) is 72.4 Å². The molecule has 2 fully saturated rings. The molecule has 4 rings (SSSR count). The second-order valence-electron chi connectivity index (χ2n) is 7.10. The van der Waals surface area contributed by atoms with Gasteiger partial charge in [0.2, 0.25) is 15.9 Å². The zero-order chi connectivity index (χ0) is 20.6. The second kappa shape index (κ2) is 7.64. The third kappa shape index (κ3) is 3.67. The number of hydrogen-bond acceptors (Lipinski definition) is 7. The first kappa shape index (κ1) is 19.6. The van der Waals surface area contributed by atoms with Gasteiger partial charge in [0.05, 0.1) is 33.0 Å². The van der Waals surface area contributed by atoms with E-state index in [1.807, 2.05) is 0 Å². The molecular weight excluding hydrogens is 398 g/mol. The lowest BCUT2D eigenvalue weighted by Crippen LogP contribution is -2.50. The summed E-state index contributed by atoms with van der Waals surface area (Å²) in [5, 5.41) is 8.25. The Morgan fingerprint density at radius 1 is 1.21 bits per heavy atom. The molecule has 3 heterocycles. The summed E-state index contributed by atoms with van der Waals surface area (Å²) in [5.74, 6) is 0.846. The van der Waals surface area contributed by atoms with Crippen LogP contribution in [-0.2, 0) is 21.4 Å². The number of benzene rings is 1. The van der Waals surface area contributed by atoms with Gasteiger partial charge in [-0.15, -0.1) is 5.10 Å². The average Bonchev–Trinajstić information content (AvgIpc) is 3.29. The molecule has 2 aliphatic heterocycles. The molecule has 0 radical (unpaired) electrons. The highest BCUT2D eigenvalue weighted by molar-refractivity contribution is 7.89. The number of carbonyl (C=O) groups excluding carboxylic acids is 1. The van der Waals surface area contributed by atoms with Gasteiger partial charge in [0.1, 0.15) is 22.1 Å². The Morgan fingerprint density at radius 2 is 2.00 bits per heavy atom. The van der Waals surface area contributed by atoms with Gasteiger partial charge in [0, 0.05) is 32.1 Å². The van der Waals surface area contributed by atoms with Crippen LogP contribution >= 0.6 is 0 Å². The fraction of sp³-hybridized carbons (Fsp3) is 0.500. The highest BCUT2D eigenvalue weighted by Crippen LogP contribution is 2.34. The summed E-state index contributed by atoms with van der Waals surface area (Å²) < 4.78 is 39.4. The van der Waals surface area contributed by atoms with Crippen molar-refractivity contribution in [1.29, 1.82) is 0 Å². The van der Waals surface area contributed by atoms with Crippen LogP contribution in [0.1, 0.15) is 24.6 Å². The molecule has 0 N–H and O–H groups in total. The zero-order valence-electron chi connectivity index (χ0n) is 16.3. The number of carbonyl (C=O) groups is 1. The highest BCUT2D eigenvalue weighted by Gasteiger charge is 2.40. The lowest BCUT2D eigenvalue weighted by molar-refractivity contribution is -0.128. The monoisotopic (exact) mass is 421 g/mol. The predicted octanol–water partition coefficient (Wildman–Crippen LogP) is 0.663. The standard InChI is InChI=1S/C18H23N5O5S/c1-27-15-5-6-16(28-2)17(8-15)29(25,26)22-11-14(12-22)23-10-13(19-20-23)9-21-7-3-4-18(21)24/h5-6,8,10,14H,3-4,7,9,11-12H2,1-2H3. The number of likely N-dealkylation sites (tertiary alicyclic amines) is 1. The topological polar surface area (TPSA) is 107 Å². The fourth-order valence-electron chi connectivity index (χ4n) is 3.54. The van der Waals surface area contributed by atoms with Crippen LogP contribution < -0.4 is 9.47 Å². The maximum absolute atomic E-state index is 13.0. The number of methoxy groups -OCH3 is 2. The fourth-order valence-corrected chi connectivity index (χ4v) is 5.22. The number of hydrogen-bond donors (Lipinski definition) is 0. The summed E-state index contributed by atoms with van der Waals surface area (Å²) in [6.45, 7) is 1.75. The summed E-state index contributed by atoms with van der Waals surface area (Å²) in [7, 11) is -0.809. The average molecular weight is 421 g/mol. The van der Waals surface area contributed by atoms with E-state index in [4.69, 9.17) is 9.47 Å². The lowest BCUT2D eigenvalue weighted by atomic mass is 10.2. The van der Waals surface area contributed by atoms with Crippen molar-refractivity contribution >= 4 is 15.9 Å². The van der Waals surface area contributed by atoms with Gasteiger partial charge in [0.25, 0.3) is 0 Å². The molecule has 1 amide bonds. The molecule has 2 aliphatic rings. The molecule has 0 spiro atoms. The predicted molar refractivity (Wildman–Crippen MR) is 102 cm³/mol. The van der Waals surface area contributed by atoms with Gasteiger partial charge in [-0.3, -0.25) is 4.79 Å². The van der Waals surface area contributed by atoms with E-state index in [0.29, 0.717) is 24.4 Å². The summed E-state index contributed by atoms with van der Waals surface area (Å²) in [6, 6.07) is 4.59. The van der Waals surface area contributed by atoms with Crippen molar-refractivity contribution in [2.24, 2.45) is 0 Å². The first-order chi connectivity index (χ1) is 13.9. The van der Waals surface area contributed by atoms with E-state index in [1.165, 1.54) is 24.6 Å².